The maximum Gasteiger partial charge on any atom is 0.174 e. The molecule has 1 aromatic carbocycles. The third-order valence-electron chi connectivity index (χ3n) is 4.39. The van der Waals surface area contributed by atoms with E-state index in [1.54, 1.807) is 6.20 Å². The summed E-state index contributed by atoms with van der Waals surface area (Å²) in [5.74, 6) is 0. The topological polar surface area (TPSA) is 33.1 Å². The first-order valence-electron chi connectivity index (χ1n) is 8.10. The number of thiocarbonyl (C=S) groups is 1. The molecule has 3 heterocycles. The molecular weight excluding hydrogens is 352 g/mol. The molecule has 0 spiro atoms. The van der Waals surface area contributed by atoms with Gasteiger partial charge in [0, 0.05) is 48.1 Å². The van der Waals surface area contributed by atoms with Gasteiger partial charge in [-0.15, -0.1) is 0 Å². The molecule has 6 heteroatoms. The average Bonchev–Trinajstić information content (AvgIpc) is 3.12. The number of halogens is 1. The molecule has 1 atom stereocenters. The molecule has 0 fully saturated rings. The Hall–Kier alpha value is -2.37. The Bertz CT molecular complexity index is 876. The summed E-state index contributed by atoms with van der Waals surface area (Å²) in [7, 11) is 0. The number of aromatic nitrogens is 2. The molecular formula is C19H17ClN4S. The van der Waals surface area contributed by atoms with Crippen LogP contribution < -0.4 is 5.32 Å². The van der Waals surface area contributed by atoms with E-state index in [9.17, 15) is 0 Å². The predicted molar refractivity (Wildman–Crippen MR) is 105 cm³/mol. The molecule has 3 aromatic rings. The second-order valence-electron chi connectivity index (χ2n) is 5.95. The zero-order valence-electron chi connectivity index (χ0n) is 13.5. The van der Waals surface area contributed by atoms with Crippen molar-refractivity contribution in [2.24, 2.45) is 0 Å². The molecule has 0 saturated heterocycles. The quantitative estimate of drug-likeness (QED) is 0.682. The summed E-state index contributed by atoms with van der Waals surface area (Å²) in [6.07, 6.45) is 5.82. The van der Waals surface area contributed by atoms with Crippen LogP contribution >= 0.6 is 23.8 Å². The highest BCUT2D eigenvalue weighted by atomic mass is 35.5. The summed E-state index contributed by atoms with van der Waals surface area (Å²) in [5, 5.41) is 4.74. The molecule has 1 N–H and O–H groups in total. The van der Waals surface area contributed by atoms with Crippen molar-refractivity contribution in [1.82, 2.24) is 14.5 Å². The van der Waals surface area contributed by atoms with Crippen molar-refractivity contribution in [3.63, 3.8) is 0 Å². The van der Waals surface area contributed by atoms with Crippen molar-refractivity contribution < 1.29 is 0 Å². The van der Waals surface area contributed by atoms with Gasteiger partial charge >= 0.3 is 0 Å². The largest absolute Gasteiger partial charge is 0.348 e. The molecule has 0 saturated carbocycles. The van der Waals surface area contributed by atoms with Gasteiger partial charge in [-0.25, -0.2) is 0 Å². The fourth-order valence-corrected chi connectivity index (χ4v) is 3.66. The van der Waals surface area contributed by atoms with Gasteiger partial charge in [0.2, 0.25) is 0 Å². The van der Waals surface area contributed by atoms with Crippen LogP contribution in [0.3, 0.4) is 0 Å². The van der Waals surface area contributed by atoms with Crippen molar-refractivity contribution in [3.05, 3.63) is 83.4 Å². The Morgan fingerprint density at radius 3 is 2.72 bits per heavy atom. The van der Waals surface area contributed by atoms with Gasteiger partial charge in [0.15, 0.2) is 5.11 Å². The number of hydrogen-bond acceptors (Lipinski definition) is 2. The van der Waals surface area contributed by atoms with E-state index in [1.807, 2.05) is 36.5 Å². The van der Waals surface area contributed by atoms with Crippen LogP contribution in [0.15, 0.2) is 67.1 Å². The van der Waals surface area contributed by atoms with Crippen molar-refractivity contribution in [2.45, 2.75) is 12.6 Å². The zero-order valence-corrected chi connectivity index (χ0v) is 15.0. The Kier molecular flexibility index (Phi) is 4.42. The molecule has 0 radical (unpaired) electrons. The van der Waals surface area contributed by atoms with E-state index in [0.29, 0.717) is 10.1 Å². The van der Waals surface area contributed by atoms with Gasteiger partial charge in [-0.3, -0.25) is 4.98 Å². The molecule has 1 unspecified atom stereocenters. The molecule has 0 aliphatic carbocycles. The Balaban J connectivity index is 1.65. The second kappa shape index (κ2) is 6.86. The van der Waals surface area contributed by atoms with Gasteiger partial charge < -0.3 is 14.8 Å². The van der Waals surface area contributed by atoms with Crippen LogP contribution in [0, 0.1) is 0 Å². The zero-order chi connectivity index (χ0) is 17.2. The number of fused-ring (bicyclic) bond motifs is 1. The Labute approximate surface area is 157 Å². The van der Waals surface area contributed by atoms with Crippen molar-refractivity contribution in [3.8, 4) is 0 Å². The molecule has 126 valence electrons. The first-order chi connectivity index (χ1) is 12.2. The van der Waals surface area contributed by atoms with E-state index >= 15 is 0 Å². The number of anilines is 1. The average molecular weight is 369 g/mol. The normalized spacial score (nSPS) is 16.4. The summed E-state index contributed by atoms with van der Waals surface area (Å²) in [6.45, 7) is 1.74. The lowest BCUT2D eigenvalue weighted by Crippen LogP contribution is -2.44. The number of rotatable bonds is 2. The third-order valence-corrected chi connectivity index (χ3v) is 4.98. The maximum atomic E-state index is 5.96. The molecule has 0 amide bonds. The standard InChI is InChI=1S/C19H17ClN4S/c20-15-5-7-16(8-6-15)22-19(25)24-12-11-23-10-2-4-17(23)18(24)14-3-1-9-21-13-14/h1-10,13,18H,11-12H2,(H,22,25). The molecule has 4 nitrogen and oxygen atoms in total. The fraction of sp³-hybridized carbons (Fsp3) is 0.158. The van der Waals surface area contributed by atoms with Crippen LogP contribution in [-0.4, -0.2) is 26.1 Å². The number of nitrogens with one attached hydrogen (secondary N) is 1. The molecule has 2 aromatic heterocycles. The molecule has 1 aliphatic rings. The third kappa shape index (κ3) is 3.25. The van der Waals surface area contributed by atoms with E-state index in [1.165, 1.54) is 5.69 Å². The fourth-order valence-electron chi connectivity index (χ4n) is 3.22. The van der Waals surface area contributed by atoms with E-state index in [0.717, 1.165) is 24.3 Å². The number of benzene rings is 1. The number of hydrogen-bond donors (Lipinski definition) is 1. The minimum absolute atomic E-state index is 0.0461. The smallest absolute Gasteiger partial charge is 0.174 e. The summed E-state index contributed by atoms with van der Waals surface area (Å²) in [6, 6.07) is 15.9. The minimum Gasteiger partial charge on any atom is -0.348 e. The molecule has 4 rings (SSSR count). The van der Waals surface area contributed by atoms with Gasteiger partial charge in [0.05, 0.1) is 6.04 Å². The highest BCUT2D eigenvalue weighted by Crippen LogP contribution is 2.32. The van der Waals surface area contributed by atoms with Crippen LogP contribution in [0.5, 0.6) is 0 Å². The lowest BCUT2D eigenvalue weighted by atomic mass is 10.0. The van der Waals surface area contributed by atoms with Crippen LogP contribution in [0.1, 0.15) is 17.3 Å². The minimum atomic E-state index is 0.0461. The first kappa shape index (κ1) is 16.1. The van der Waals surface area contributed by atoms with Crippen molar-refractivity contribution in [1.29, 1.82) is 0 Å². The summed E-state index contributed by atoms with van der Waals surface area (Å²) in [4.78, 5) is 6.51. The number of pyridine rings is 1. The highest BCUT2D eigenvalue weighted by molar-refractivity contribution is 7.80. The monoisotopic (exact) mass is 368 g/mol. The Morgan fingerprint density at radius 1 is 1.12 bits per heavy atom. The molecule has 1 aliphatic heterocycles. The predicted octanol–water partition coefficient (Wildman–Crippen LogP) is 4.34. The second-order valence-corrected chi connectivity index (χ2v) is 6.77. The lowest BCUT2D eigenvalue weighted by molar-refractivity contribution is 0.293. The SMILES string of the molecule is S=C(Nc1ccc(Cl)cc1)N1CCn2cccc2C1c1cccnc1. The Morgan fingerprint density at radius 2 is 1.96 bits per heavy atom. The molecule has 0 bridgehead atoms. The van der Waals surface area contributed by atoms with E-state index in [2.05, 4.69) is 44.2 Å². The van der Waals surface area contributed by atoms with Crippen molar-refractivity contribution in [2.75, 3.05) is 11.9 Å². The van der Waals surface area contributed by atoms with Gasteiger partial charge in [-0.1, -0.05) is 17.7 Å². The summed E-state index contributed by atoms with van der Waals surface area (Å²) in [5.41, 5.74) is 3.28. The van der Waals surface area contributed by atoms with Gasteiger partial charge in [-0.2, -0.15) is 0 Å². The number of nitrogens with zero attached hydrogens (tertiary/aromatic N) is 3. The van der Waals surface area contributed by atoms with Crippen molar-refractivity contribution >= 4 is 34.6 Å². The van der Waals surface area contributed by atoms with Crippen LogP contribution in [0.4, 0.5) is 5.69 Å². The van der Waals surface area contributed by atoms with Crippen LogP contribution in [0.25, 0.3) is 0 Å². The van der Waals surface area contributed by atoms with Gasteiger partial charge in [0.1, 0.15) is 0 Å². The van der Waals surface area contributed by atoms with Crippen LogP contribution in [-0.2, 0) is 6.54 Å². The maximum absolute atomic E-state index is 5.96. The summed E-state index contributed by atoms with van der Waals surface area (Å²) < 4.78 is 2.28. The highest BCUT2D eigenvalue weighted by Gasteiger charge is 2.30. The van der Waals surface area contributed by atoms with Gasteiger partial charge in [0.25, 0.3) is 0 Å². The van der Waals surface area contributed by atoms with Gasteiger partial charge in [-0.05, 0) is 60.2 Å². The van der Waals surface area contributed by atoms with Crippen LogP contribution in [0.2, 0.25) is 5.02 Å². The first-order valence-corrected chi connectivity index (χ1v) is 8.89. The van der Waals surface area contributed by atoms with E-state index < -0.39 is 0 Å². The van der Waals surface area contributed by atoms with E-state index in [4.69, 9.17) is 23.8 Å². The van der Waals surface area contributed by atoms with E-state index in [-0.39, 0.29) is 6.04 Å². The molecule has 25 heavy (non-hydrogen) atoms. The summed E-state index contributed by atoms with van der Waals surface area (Å²) >= 11 is 11.7. The lowest BCUT2D eigenvalue weighted by Gasteiger charge is -2.38.